The number of benzene rings is 1. The summed E-state index contributed by atoms with van der Waals surface area (Å²) in [5.41, 5.74) is 1.88. The summed E-state index contributed by atoms with van der Waals surface area (Å²) >= 11 is 5.00. The second kappa shape index (κ2) is 5.62. The molecule has 0 aliphatic heterocycles. The lowest BCUT2D eigenvalue weighted by atomic mass is 10.2. The van der Waals surface area contributed by atoms with E-state index in [1.54, 1.807) is 18.4 Å². The number of aliphatic hydroxyl groups is 1. The molecule has 0 unspecified atom stereocenters. The number of thiazole rings is 1. The molecular weight excluding hydrogens is 302 g/mol. The van der Waals surface area contributed by atoms with Gasteiger partial charge in [-0.1, -0.05) is 15.9 Å². The van der Waals surface area contributed by atoms with Crippen LogP contribution in [-0.4, -0.2) is 23.8 Å². The van der Waals surface area contributed by atoms with Gasteiger partial charge >= 0.3 is 0 Å². The van der Waals surface area contributed by atoms with E-state index in [0.717, 1.165) is 26.5 Å². The van der Waals surface area contributed by atoms with Crippen LogP contribution in [0.4, 0.5) is 0 Å². The maximum atomic E-state index is 8.88. The van der Waals surface area contributed by atoms with E-state index in [-0.39, 0.29) is 6.61 Å². The Morgan fingerprint density at radius 2 is 2.29 bits per heavy atom. The van der Waals surface area contributed by atoms with Crippen LogP contribution in [0.5, 0.6) is 5.75 Å². The van der Waals surface area contributed by atoms with Gasteiger partial charge in [0.15, 0.2) is 0 Å². The van der Waals surface area contributed by atoms with E-state index in [2.05, 4.69) is 20.9 Å². The van der Waals surface area contributed by atoms with Gasteiger partial charge < -0.3 is 9.84 Å². The molecule has 0 atom stereocenters. The van der Waals surface area contributed by atoms with Crippen LogP contribution in [0.15, 0.2) is 28.1 Å². The minimum absolute atomic E-state index is 0.124. The van der Waals surface area contributed by atoms with E-state index in [0.29, 0.717) is 6.42 Å². The first-order valence-corrected chi connectivity index (χ1v) is 6.81. The molecule has 1 N–H and O–H groups in total. The molecular formula is C12H12BrNO2S. The predicted molar refractivity (Wildman–Crippen MR) is 72.6 cm³/mol. The number of nitrogens with zero attached hydrogens (tertiary/aromatic N) is 1. The highest BCUT2D eigenvalue weighted by atomic mass is 79.9. The van der Waals surface area contributed by atoms with Gasteiger partial charge in [-0.2, -0.15) is 0 Å². The summed E-state index contributed by atoms with van der Waals surface area (Å²) in [5.74, 6) is 0.804. The topological polar surface area (TPSA) is 42.4 Å². The Morgan fingerprint density at radius 3 is 3.00 bits per heavy atom. The smallest absolute Gasteiger partial charge is 0.129 e. The standard InChI is InChI=1S/C12H12BrNO2S/c1-16-11-3-2-8(13)6-10(11)12-14-9(4-5-15)7-17-12/h2-3,6-7,15H,4-5H2,1H3. The van der Waals surface area contributed by atoms with E-state index in [4.69, 9.17) is 9.84 Å². The summed E-state index contributed by atoms with van der Waals surface area (Å²) in [6.07, 6.45) is 0.590. The highest BCUT2D eigenvalue weighted by Crippen LogP contribution is 2.34. The summed E-state index contributed by atoms with van der Waals surface area (Å²) < 4.78 is 6.31. The number of methoxy groups -OCH3 is 1. The Bertz CT molecular complexity index is 513. The third-order valence-electron chi connectivity index (χ3n) is 2.31. The highest BCUT2D eigenvalue weighted by molar-refractivity contribution is 9.10. The van der Waals surface area contributed by atoms with Crippen molar-refractivity contribution in [2.24, 2.45) is 0 Å². The molecule has 0 fully saturated rings. The molecule has 2 rings (SSSR count). The number of aromatic nitrogens is 1. The zero-order valence-electron chi connectivity index (χ0n) is 9.31. The maximum Gasteiger partial charge on any atom is 0.129 e. The Hall–Kier alpha value is -0.910. The summed E-state index contributed by atoms with van der Waals surface area (Å²) in [4.78, 5) is 4.48. The molecule has 0 aliphatic carbocycles. The molecule has 0 aliphatic rings. The van der Waals surface area contributed by atoms with E-state index < -0.39 is 0 Å². The van der Waals surface area contributed by atoms with Crippen molar-refractivity contribution in [3.63, 3.8) is 0 Å². The fourth-order valence-corrected chi connectivity index (χ4v) is 2.74. The highest BCUT2D eigenvalue weighted by Gasteiger charge is 2.10. The van der Waals surface area contributed by atoms with E-state index in [1.807, 2.05) is 23.6 Å². The fraction of sp³-hybridized carbons (Fsp3) is 0.250. The average molecular weight is 314 g/mol. The van der Waals surface area contributed by atoms with Crippen molar-refractivity contribution in [2.75, 3.05) is 13.7 Å². The zero-order chi connectivity index (χ0) is 12.3. The van der Waals surface area contributed by atoms with Crippen molar-refractivity contribution in [1.82, 2.24) is 4.98 Å². The molecule has 2 aromatic rings. The van der Waals surface area contributed by atoms with Crippen LogP contribution in [0.1, 0.15) is 5.69 Å². The van der Waals surface area contributed by atoms with Crippen LogP contribution in [0.3, 0.4) is 0 Å². The first-order chi connectivity index (χ1) is 8.24. The van der Waals surface area contributed by atoms with Gasteiger partial charge in [0, 0.05) is 22.9 Å². The van der Waals surface area contributed by atoms with E-state index >= 15 is 0 Å². The molecule has 0 spiro atoms. The van der Waals surface area contributed by atoms with Crippen LogP contribution in [0.2, 0.25) is 0 Å². The summed E-state index contributed by atoms with van der Waals surface area (Å²) in [6, 6.07) is 5.83. The van der Waals surface area contributed by atoms with Crippen molar-refractivity contribution >= 4 is 27.3 Å². The molecule has 1 aromatic heterocycles. The minimum Gasteiger partial charge on any atom is -0.496 e. The fourth-order valence-electron chi connectivity index (χ4n) is 1.51. The number of aliphatic hydroxyl groups excluding tert-OH is 1. The normalized spacial score (nSPS) is 10.5. The Balaban J connectivity index is 2.40. The van der Waals surface area contributed by atoms with Gasteiger partial charge in [0.1, 0.15) is 10.8 Å². The lowest BCUT2D eigenvalue weighted by Crippen LogP contribution is -1.91. The second-order valence-corrected chi connectivity index (χ2v) is 5.24. The van der Waals surface area contributed by atoms with Crippen molar-refractivity contribution in [2.45, 2.75) is 6.42 Å². The number of hydrogen-bond donors (Lipinski definition) is 1. The van der Waals surface area contributed by atoms with Crippen molar-refractivity contribution in [3.05, 3.63) is 33.7 Å². The van der Waals surface area contributed by atoms with Crippen LogP contribution >= 0.6 is 27.3 Å². The van der Waals surface area contributed by atoms with Crippen LogP contribution in [0.25, 0.3) is 10.6 Å². The molecule has 1 heterocycles. The Kier molecular flexibility index (Phi) is 4.15. The monoisotopic (exact) mass is 313 g/mol. The van der Waals surface area contributed by atoms with Crippen molar-refractivity contribution in [3.8, 4) is 16.3 Å². The number of hydrogen-bond acceptors (Lipinski definition) is 4. The summed E-state index contributed by atoms with van der Waals surface area (Å²) in [6.45, 7) is 0.124. The molecule has 0 saturated carbocycles. The molecule has 0 saturated heterocycles. The van der Waals surface area contributed by atoms with Crippen LogP contribution < -0.4 is 4.74 Å². The van der Waals surface area contributed by atoms with Gasteiger partial charge in [-0.3, -0.25) is 0 Å². The largest absolute Gasteiger partial charge is 0.496 e. The van der Waals surface area contributed by atoms with Crippen LogP contribution in [0, 0.1) is 0 Å². The Morgan fingerprint density at radius 1 is 1.47 bits per heavy atom. The first kappa shape index (κ1) is 12.5. The summed E-state index contributed by atoms with van der Waals surface area (Å²) in [7, 11) is 1.65. The van der Waals surface area contributed by atoms with Crippen molar-refractivity contribution in [1.29, 1.82) is 0 Å². The van der Waals surface area contributed by atoms with Gasteiger partial charge in [0.05, 0.1) is 18.4 Å². The lowest BCUT2D eigenvalue weighted by Gasteiger charge is -2.06. The quantitative estimate of drug-likeness (QED) is 0.943. The molecule has 90 valence electrons. The zero-order valence-corrected chi connectivity index (χ0v) is 11.7. The molecule has 3 nitrogen and oxygen atoms in total. The predicted octanol–water partition coefficient (Wildman–Crippen LogP) is 3.12. The molecule has 0 amide bonds. The second-order valence-electron chi connectivity index (χ2n) is 3.46. The number of rotatable bonds is 4. The molecule has 1 aromatic carbocycles. The van der Waals surface area contributed by atoms with E-state index in [9.17, 15) is 0 Å². The third-order valence-corrected chi connectivity index (χ3v) is 3.73. The number of halogens is 1. The van der Waals surface area contributed by atoms with Crippen LogP contribution in [-0.2, 0) is 6.42 Å². The third kappa shape index (κ3) is 2.86. The molecule has 0 radical (unpaired) electrons. The van der Waals surface area contributed by atoms with Gasteiger partial charge in [-0.05, 0) is 18.2 Å². The van der Waals surface area contributed by atoms with Crippen molar-refractivity contribution < 1.29 is 9.84 Å². The average Bonchev–Trinajstić information content (AvgIpc) is 2.78. The van der Waals surface area contributed by atoms with E-state index in [1.165, 1.54) is 0 Å². The molecule has 17 heavy (non-hydrogen) atoms. The minimum atomic E-state index is 0.124. The molecule has 0 bridgehead atoms. The van der Waals surface area contributed by atoms with Gasteiger partial charge in [0.25, 0.3) is 0 Å². The van der Waals surface area contributed by atoms with Gasteiger partial charge in [-0.25, -0.2) is 4.98 Å². The first-order valence-electron chi connectivity index (χ1n) is 5.13. The molecule has 5 heteroatoms. The maximum absolute atomic E-state index is 8.88. The Labute approximate surface area is 112 Å². The number of ether oxygens (including phenoxy) is 1. The summed E-state index contributed by atoms with van der Waals surface area (Å²) in [5, 5.41) is 11.7. The SMILES string of the molecule is COc1ccc(Br)cc1-c1nc(CCO)cs1. The van der Waals surface area contributed by atoms with Gasteiger partial charge in [-0.15, -0.1) is 11.3 Å². The lowest BCUT2D eigenvalue weighted by molar-refractivity contribution is 0.298. The van der Waals surface area contributed by atoms with Gasteiger partial charge in [0.2, 0.25) is 0 Å².